The zero-order chi connectivity index (χ0) is 13.2. The van der Waals surface area contributed by atoms with Crippen LogP contribution in [0.4, 0.5) is 5.69 Å². The van der Waals surface area contributed by atoms with Gasteiger partial charge in [0.2, 0.25) is 0 Å². The minimum Gasteiger partial charge on any atom is -0.393 e. The Bertz CT molecular complexity index is 489. The fourth-order valence-electron chi connectivity index (χ4n) is 2.18. The smallest absolute Gasteiger partial charge is 0.294 e. The van der Waals surface area contributed by atoms with Gasteiger partial charge in [-0.15, -0.1) is 0 Å². The molecule has 100 valence electrons. The first-order valence-electron chi connectivity index (χ1n) is 5.97. The van der Waals surface area contributed by atoms with Gasteiger partial charge in [-0.2, -0.15) is 8.42 Å². The Kier molecular flexibility index (Phi) is 3.89. The predicted octanol–water partition coefficient (Wildman–Crippen LogP) is 1.65. The van der Waals surface area contributed by atoms with Crippen molar-refractivity contribution >= 4 is 15.8 Å². The molecular weight excluding hydrogens is 254 g/mol. The first-order chi connectivity index (χ1) is 8.45. The van der Waals surface area contributed by atoms with Crippen LogP contribution in [0.2, 0.25) is 0 Å². The van der Waals surface area contributed by atoms with Crippen molar-refractivity contribution in [1.29, 1.82) is 0 Å². The Morgan fingerprint density at radius 3 is 2.11 bits per heavy atom. The average molecular weight is 271 g/mol. The summed E-state index contributed by atoms with van der Waals surface area (Å²) in [5, 5.41) is 12.7. The van der Waals surface area contributed by atoms with Crippen LogP contribution in [0, 0.1) is 0 Å². The number of benzene rings is 1. The van der Waals surface area contributed by atoms with Crippen LogP contribution in [0.1, 0.15) is 25.7 Å². The van der Waals surface area contributed by atoms with Crippen LogP contribution in [0.15, 0.2) is 29.2 Å². The fourth-order valence-corrected chi connectivity index (χ4v) is 2.66. The number of hydrogen-bond acceptors (Lipinski definition) is 4. The lowest BCUT2D eigenvalue weighted by atomic mass is 9.93. The molecule has 0 atom stereocenters. The van der Waals surface area contributed by atoms with E-state index in [1.54, 1.807) is 12.1 Å². The molecule has 1 aromatic rings. The molecule has 1 fully saturated rings. The van der Waals surface area contributed by atoms with E-state index >= 15 is 0 Å². The van der Waals surface area contributed by atoms with Gasteiger partial charge in [-0.05, 0) is 49.9 Å². The number of hydrogen-bond donors (Lipinski definition) is 3. The van der Waals surface area contributed by atoms with E-state index in [9.17, 15) is 13.5 Å². The van der Waals surface area contributed by atoms with Crippen molar-refractivity contribution in [2.24, 2.45) is 0 Å². The minimum absolute atomic E-state index is 0.105. The lowest BCUT2D eigenvalue weighted by Crippen LogP contribution is -2.28. The Labute approximate surface area is 107 Å². The Balaban J connectivity index is 1.98. The van der Waals surface area contributed by atoms with E-state index in [1.807, 2.05) is 0 Å². The van der Waals surface area contributed by atoms with Crippen LogP contribution in [-0.2, 0) is 10.1 Å². The molecule has 2 rings (SSSR count). The highest BCUT2D eigenvalue weighted by molar-refractivity contribution is 7.85. The monoisotopic (exact) mass is 271 g/mol. The van der Waals surface area contributed by atoms with Gasteiger partial charge in [0.05, 0.1) is 11.0 Å². The summed E-state index contributed by atoms with van der Waals surface area (Å²) in [5.74, 6) is 0. The highest BCUT2D eigenvalue weighted by Crippen LogP contribution is 2.22. The summed E-state index contributed by atoms with van der Waals surface area (Å²) in [6.07, 6.45) is 3.20. The van der Waals surface area contributed by atoms with E-state index < -0.39 is 10.1 Å². The number of rotatable bonds is 3. The quantitative estimate of drug-likeness (QED) is 0.728. The van der Waals surface area contributed by atoms with Gasteiger partial charge >= 0.3 is 0 Å². The second-order valence-corrected chi connectivity index (χ2v) is 6.07. The van der Waals surface area contributed by atoms with Crippen molar-refractivity contribution in [2.45, 2.75) is 42.7 Å². The SMILES string of the molecule is O=S(=O)(O)c1ccc(NC2CCC(O)CC2)cc1. The third-order valence-corrected chi connectivity index (χ3v) is 4.09. The third-order valence-electron chi connectivity index (χ3n) is 3.22. The molecule has 0 aliphatic heterocycles. The van der Waals surface area contributed by atoms with Gasteiger partial charge < -0.3 is 10.4 Å². The lowest BCUT2D eigenvalue weighted by molar-refractivity contribution is 0.126. The van der Waals surface area contributed by atoms with Gasteiger partial charge in [-0.25, -0.2) is 0 Å². The Hall–Kier alpha value is -1.11. The zero-order valence-electron chi connectivity index (χ0n) is 9.91. The van der Waals surface area contributed by atoms with Crippen LogP contribution in [0.3, 0.4) is 0 Å². The summed E-state index contributed by atoms with van der Waals surface area (Å²) < 4.78 is 30.6. The van der Waals surface area contributed by atoms with Crippen molar-refractivity contribution in [3.63, 3.8) is 0 Å². The Morgan fingerprint density at radius 1 is 1.06 bits per heavy atom. The van der Waals surface area contributed by atoms with Gasteiger partial charge in [-0.1, -0.05) is 0 Å². The van der Waals surface area contributed by atoms with Crippen molar-refractivity contribution in [2.75, 3.05) is 5.32 Å². The second-order valence-electron chi connectivity index (χ2n) is 4.65. The van der Waals surface area contributed by atoms with Crippen LogP contribution >= 0.6 is 0 Å². The van der Waals surface area contributed by atoms with Crippen molar-refractivity contribution < 1.29 is 18.1 Å². The highest BCUT2D eigenvalue weighted by atomic mass is 32.2. The van der Waals surface area contributed by atoms with E-state index in [4.69, 9.17) is 4.55 Å². The maximum absolute atomic E-state index is 10.9. The van der Waals surface area contributed by atoms with E-state index in [-0.39, 0.29) is 11.0 Å². The normalized spacial score (nSPS) is 24.8. The fraction of sp³-hybridized carbons (Fsp3) is 0.500. The average Bonchev–Trinajstić information content (AvgIpc) is 2.32. The molecule has 0 amide bonds. The van der Waals surface area contributed by atoms with Gasteiger partial charge in [0.1, 0.15) is 0 Å². The summed E-state index contributed by atoms with van der Waals surface area (Å²) in [7, 11) is -4.12. The molecule has 1 aliphatic carbocycles. The summed E-state index contributed by atoms with van der Waals surface area (Å²) in [6.45, 7) is 0. The van der Waals surface area contributed by atoms with Crippen molar-refractivity contribution in [3.8, 4) is 0 Å². The van der Waals surface area contributed by atoms with Crippen LogP contribution in [0.5, 0.6) is 0 Å². The molecule has 0 spiro atoms. The van der Waals surface area contributed by atoms with E-state index in [0.29, 0.717) is 6.04 Å². The van der Waals surface area contributed by atoms with Crippen LogP contribution in [-0.4, -0.2) is 30.2 Å². The highest BCUT2D eigenvalue weighted by Gasteiger charge is 2.19. The minimum atomic E-state index is -4.12. The van der Waals surface area contributed by atoms with Crippen molar-refractivity contribution in [1.82, 2.24) is 0 Å². The van der Waals surface area contributed by atoms with Crippen LogP contribution in [0.25, 0.3) is 0 Å². The molecule has 0 heterocycles. The summed E-state index contributed by atoms with van der Waals surface area (Å²) in [4.78, 5) is -0.105. The molecule has 1 saturated carbocycles. The van der Waals surface area contributed by atoms with Crippen molar-refractivity contribution in [3.05, 3.63) is 24.3 Å². The number of aliphatic hydroxyl groups excluding tert-OH is 1. The van der Waals surface area contributed by atoms with Gasteiger partial charge in [0, 0.05) is 11.7 Å². The molecule has 5 nitrogen and oxygen atoms in total. The summed E-state index contributed by atoms with van der Waals surface area (Å²) >= 11 is 0. The largest absolute Gasteiger partial charge is 0.393 e. The molecule has 0 radical (unpaired) electrons. The third kappa shape index (κ3) is 3.44. The molecule has 1 aromatic carbocycles. The lowest BCUT2D eigenvalue weighted by Gasteiger charge is -2.27. The number of anilines is 1. The zero-order valence-corrected chi connectivity index (χ0v) is 10.7. The molecule has 18 heavy (non-hydrogen) atoms. The number of nitrogens with one attached hydrogen (secondary N) is 1. The predicted molar refractivity (Wildman–Crippen MR) is 68.1 cm³/mol. The molecule has 0 saturated heterocycles. The maximum Gasteiger partial charge on any atom is 0.294 e. The first kappa shape index (κ1) is 13.3. The van der Waals surface area contributed by atoms with Gasteiger partial charge in [0.15, 0.2) is 0 Å². The summed E-state index contributed by atoms with van der Waals surface area (Å²) in [6, 6.07) is 6.32. The van der Waals surface area contributed by atoms with Gasteiger partial charge in [0.25, 0.3) is 10.1 Å². The van der Waals surface area contributed by atoms with Crippen LogP contribution < -0.4 is 5.32 Å². The first-order valence-corrected chi connectivity index (χ1v) is 7.41. The Morgan fingerprint density at radius 2 is 1.61 bits per heavy atom. The molecule has 6 heteroatoms. The standard InChI is InChI=1S/C12H17NO4S/c14-11-5-1-9(2-6-11)13-10-3-7-12(8-4-10)18(15,16)17/h3-4,7-9,11,13-14H,1-2,5-6H2,(H,15,16,17). The molecule has 0 unspecified atom stereocenters. The maximum atomic E-state index is 10.9. The summed E-state index contributed by atoms with van der Waals surface area (Å²) in [5.41, 5.74) is 0.823. The molecule has 1 aliphatic rings. The molecule has 0 aromatic heterocycles. The molecule has 3 N–H and O–H groups in total. The van der Waals surface area contributed by atoms with E-state index in [2.05, 4.69) is 5.32 Å². The van der Waals surface area contributed by atoms with Gasteiger partial charge in [-0.3, -0.25) is 4.55 Å². The topological polar surface area (TPSA) is 86.6 Å². The molecule has 0 bridgehead atoms. The second kappa shape index (κ2) is 5.26. The van der Waals surface area contributed by atoms with E-state index in [0.717, 1.165) is 31.4 Å². The number of aliphatic hydroxyl groups is 1. The molecular formula is C12H17NO4S. The van der Waals surface area contributed by atoms with E-state index in [1.165, 1.54) is 12.1 Å².